The largest absolute Gasteiger partial charge is 0.300 e. The Labute approximate surface area is 293 Å². The van der Waals surface area contributed by atoms with E-state index in [9.17, 15) is 14.4 Å². The molecule has 0 unspecified atom stereocenters. The van der Waals surface area contributed by atoms with E-state index in [-0.39, 0.29) is 11.6 Å². The molecule has 0 N–H and O–H groups in total. The third-order valence-corrected chi connectivity index (χ3v) is 9.56. The molecule has 3 rings (SSSR count). The predicted molar refractivity (Wildman–Crippen MR) is 207 cm³/mol. The first-order valence-corrected chi connectivity index (χ1v) is 20.0. The van der Waals surface area contributed by atoms with E-state index < -0.39 is 0 Å². The minimum atomic E-state index is 0.108. The van der Waals surface area contributed by atoms with Gasteiger partial charge in [-0.25, -0.2) is 0 Å². The molecule has 0 amide bonds. The van der Waals surface area contributed by atoms with Crippen LogP contribution < -0.4 is 0 Å². The fraction of sp³-hybridized carbons (Fsp3) is 0.475. The fourth-order valence-electron chi connectivity index (χ4n) is 3.84. The Balaban J connectivity index is 0.000000646. The van der Waals surface area contributed by atoms with E-state index >= 15 is 0 Å². The first-order valence-electron chi connectivity index (χ1n) is 16.8. The van der Waals surface area contributed by atoms with Crippen molar-refractivity contribution in [3.63, 3.8) is 0 Å². The molecule has 0 aliphatic heterocycles. The number of hydrogen-bond acceptors (Lipinski definition) is 6. The molecule has 0 atom stereocenters. The highest BCUT2D eigenvalue weighted by Crippen LogP contribution is 2.27. The second-order valence-corrected chi connectivity index (χ2v) is 14.1. The standard InChI is InChI=1S/C14H12OS.C13H26OS.C11H14OS.C2H6/c1-11(15)12-7-9-14(10-8-12)16-13-5-3-2-4-6-13;1-3-4-5-6-7-8-9-11-15-12-10-13(2)14;1-10(12)7-8-13-9-11-5-3-2-4-6-11;1-2/h2-10H,1H3;3-12H2,1-2H3;2-6H,7-9H2,1H3;1-2H3. The minimum absolute atomic E-state index is 0.108. The van der Waals surface area contributed by atoms with Crippen molar-refractivity contribution < 1.29 is 14.4 Å². The molecule has 0 saturated heterocycles. The molecule has 3 aromatic carbocycles. The van der Waals surface area contributed by atoms with Crippen molar-refractivity contribution in [3.8, 4) is 0 Å². The number of hydrogen-bond donors (Lipinski definition) is 0. The lowest BCUT2D eigenvalue weighted by Gasteiger charge is -2.02. The SMILES string of the molecule is CC.CC(=O)CCSCc1ccccc1.CC(=O)c1ccc(Sc2ccccc2)cc1.CCCCCCCCCSCCC(C)=O. The fourth-order valence-corrected chi connectivity index (χ4v) is 6.73. The van der Waals surface area contributed by atoms with Gasteiger partial charge in [0.15, 0.2) is 5.78 Å². The zero-order chi connectivity index (χ0) is 34.3. The van der Waals surface area contributed by atoms with Crippen molar-refractivity contribution >= 4 is 52.6 Å². The lowest BCUT2D eigenvalue weighted by Crippen LogP contribution is -1.92. The van der Waals surface area contributed by atoms with Gasteiger partial charge in [-0.1, -0.05) is 132 Å². The van der Waals surface area contributed by atoms with Gasteiger partial charge in [-0.15, -0.1) is 0 Å². The third-order valence-electron chi connectivity index (χ3n) is 6.44. The van der Waals surface area contributed by atoms with Crippen LogP contribution in [0.5, 0.6) is 0 Å². The summed E-state index contributed by atoms with van der Waals surface area (Å²) in [7, 11) is 0. The number of unbranched alkanes of at least 4 members (excludes halogenated alkanes) is 6. The van der Waals surface area contributed by atoms with Gasteiger partial charge in [-0.2, -0.15) is 23.5 Å². The smallest absolute Gasteiger partial charge is 0.159 e. The first-order chi connectivity index (χ1) is 22.3. The second kappa shape index (κ2) is 31.3. The molecule has 3 aromatic rings. The van der Waals surface area contributed by atoms with Gasteiger partial charge in [-0.3, -0.25) is 14.4 Å². The molecule has 3 nitrogen and oxygen atoms in total. The summed E-state index contributed by atoms with van der Waals surface area (Å²) in [6.07, 6.45) is 11.1. The number of carbonyl (C=O) groups excluding carboxylic acids is 3. The predicted octanol–water partition coefficient (Wildman–Crippen LogP) is 12.4. The van der Waals surface area contributed by atoms with Gasteiger partial charge in [-0.05, 0) is 62.8 Å². The molecule has 46 heavy (non-hydrogen) atoms. The molecule has 0 aliphatic carbocycles. The molecule has 0 radical (unpaired) electrons. The van der Waals surface area contributed by atoms with E-state index in [1.54, 1.807) is 32.5 Å². The Bertz CT molecular complexity index is 1150. The van der Waals surface area contributed by atoms with Crippen molar-refractivity contribution in [2.45, 2.75) is 115 Å². The Morgan fingerprint density at radius 2 is 1.02 bits per heavy atom. The van der Waals surface area contributed by atoms with Crippen molar-refractivity contribution in [3.05, 3.63) is 96.1 Å². The van der Waals surface area contributed by atoms with Crippen LogP contribution >= 0.6 is 35.3 Å². The van der Waals surface area contributed by atoms with Crippen molar-refractivity contribution in [1.82, 2.24) is 0 Å². The molecule has 0 aliphatic rings. The Kier molecular flexibility index (Phi) is 29.8. The number of thioether (sulfide) groups is 2. The molecule has 0 spiro atoms. The van der Waals surface area contributed by atoms with Crippen LogP contribution in [0.1, 0.15) is 115 Å². The molecule has 254 valence electrons. The summed E-state index contributed by atoms with van der Waals surface area (Å²) >= 11 is 5.44. The number of benzene rings is 3. The average molecular weight is 683 g/mol. The van der Waals surface area contributed by atoms with Gasteiger partial charge in [0.1, 0.15) is 11.6 Å². The van der Waals surface area contributed by atoms with Crippen LogP contribution in [-0.4, -0.2) is 34.6 Å². The summed E-state index contributed by atoms with van der Waals surface area (Å²) in [6.45, 7) is 11.2. The second-order valence-electron chi connectivity index (χ2n) is 10.7. The van der Waals surface area contributed by atoms with E-state index in [1.807, 2.05) is 98.0 Å². The topological polar surface area (TPSA) is 51.2 Å². The van der Waals surface area contributed by atoms with Crippen LogP contribution in [0.4, 0.5) is 0 Å². The highest BCUT2D eigenvalue weighted by Gasteiger charge is 2.00. The van der Waals surface area contributed by atoms with Gasteiger partial charge in [0, 0.05) is 45.5 Å². The number of carbonyl (C=O) groups is 3. The monoisotopic (exact) mass is 682 g/mol. The van der Waals surface area contributed by atoms with Crippen LogP contribution in [0.2, 0.25) is 0 Å². The van der Waals surface area contributed by atoms with Crippen LogP contribution in [0.25, 0.3) is 0 Å². The van der Waals surface area contributed by atoms with Gasteiger partial charge in [0.2, 0.25) is 0 Å². The van der Waals surface area contributed by atoms with Crippen molar-refractivity contribution in [2.75, 3.05) is 17.3 Å². The Hall–Kier alpha value is -2.28. The van der Waals surface area contributed by atoms with Gasteiger partial charge in [0.25, 0.3) is 0 Å². The maximum absolute atomic E-state index is 11.1. The Morgan fingerprint density at radius 3 is 1.54 bits per heavy atom. The third kappa shape index (κ3) is 26.9. The van der Waals surface area contributed by atoms with Crippen LogP contribution in [0.3, 0.4) is 0 Å². The zero-order valence-electron chi connectivity index (χ0n) is 29.2. The molecule has 6 heteroatoms. The molecule has 0 aromatic heterocycles. The summed E-state index contributed by atoms with van der Waals surface area (Å²) in [5.41, 5.74) is 2.09. The molecular formula is C40H58O3S3. The minimum Gasteiger partial charge on any atom is -0.300 e. The highest BCUT2D eigenvalue weighted by molar-refractivity contribution is 7.99. The van der Waals surface area contributed by atoms with Crippen molar-refractivity contribution in [1.29, 1.82) is 0 Å². The summed E-state index contributed by atoms with van der Waals surface area (Å²) in [4.78, 5) is 34.8. The quantitative estimate of drug-likeness (QED) is 0.0926. The number of ketones is 3. The molecule has 0 heterocycles. The summed E-state index contributed by atoms with van der Waals surface area (Å²) in [6, 6.07) is 28.2. The molecule has 0 bridgehead atoms. The van der Waals surface area contributed by atoms with E-state index in [0.29, 0.717) is 12.2 Å². The van der Waals surface area contributed by atoms with E-state index in [0.717, 1.165) is 34.1 Å². The van der Waals surface area contributed by atoms with Gasteiger partial charge >= 0.3 is 0 Å². The van der Waals surface area contributed by atoms with Crippen LogP contribution in [-0.2, 0) is 15.3 Å². The number of rotatable bonds is 19. The normalized spacial score (nSPS) is 9.87. The maximum atomic E-state index is 11.1. The molecular weight excluding hydrogens is 625 g/mol. The lowest BCUT2D eigenvalue weighted by atomic mass is 10.1. The zero-order valence-corrected chi connectivity index (χ0v) is 31.7. The molecule has 0 fully saturated rings. The molecule has 0 saturated carbocycles. The van der Waals surface area contributed by atoms with Crippen LogP contribution in [0, 0.1) is 0 Å². The average Bonchev–Trinajstić information content (AvgIpc) is 3.06. The van der Waals surface area contributed by atoms with E-state index in [2.05, 4.69) is 31.2 Å². The summed E-state index contributed by atoms with van der Waals surface area (Å²) < 4.78 is 0. The maximum Gasteiger partial charge on any atom is 0.159 e. The van der Waals surface area contributed by atoms with Gasteiger partial charge in [0.05, 0.1) is 0 Å². The Morgan fingerprint density at radius 1 is 0.543 bits per heavy atom. The van der Waals surface area contributed by atoms with Crippen molar-refractivity contribution in [2.24, 2.45) is 0 Å². The first kappa shape index (κ1) is 43.7. The van der Waals surface area contributed by atoms with Crippen LogP contribution in [0.15, 0.2) is 94.7 Å². The summed E-state index contributed by atoms with van der Waals surface area (Å²) in [5.74, 6) is 4.91. The number of Topliss-reactive ketones (excluding diaryl/α,β-unsaturated/α-hetero) is 3. The van der Waals surface area contributed by atoms with Gasteiger partial charge < -0.3 is 0 Å². The lowest BCUT2D eigenvalue weighted by molar-refractivity contribution is -0.117. The van der Waals surface area contributed by atoms with E-state index in [1.165, 1.54) is 61.2 Å². The van der Waals surface area contributed by atoms with E-state index in [4.69, 9.17) is 0 Å². The summed E-state index contributed by atoms with van der Waals surface area (Å²) in [5, 5.41) is 0. The highest BCUT2D eigenvalue weighted by atomic mass is 32.2.